The van der Waals surface area contributed by atoms with Crippen molar-refractivity contribution in [2.24, 2.45) is 5.92 Å². The van der Waals surface area contributed by atoms with Crippen LogP contribution in [0.2, 0.25) is 5.02 Å². The van der Waals surface area contributed by atoms with E-state index in [9.17, 15) is 4.79 Å². The molecule has 1 N–H and O–H groups in total. The van der Waals surface area contributed by atoms with Gasteiger partial charge in [0.05, 0.1) is 16.5 Å². The molecule has 1 aliphatic rings. The number of halogens is 1. The van der Waals surface area contributed by atoms with Gasteiger partial charge in [0.15, 0.2) is 5.16 Å². The minimum absolute atomic E-state index is 0.00219. The number of para-hydroxylation sites is 1. The van der Waals surface area contributed by atoms with Gasteiger partial charge in [0, 0.05) is 19.1 Å². The smallest absolute Gasteiger partial charge is 0.232 e. The van der Waals surface area contributed by atoms with Crippen molar-refractivity contribution < 1.29 is 4.79 Å². The molecule has 1 atom stereocenters. The van der Waals surface area contributed by atoms with E-state index in [1.54, 1.807) is 0 Å². The molecule has 3 rings (SSSR count). The van der Waals surface area contributed by atoms with E-state index in [0.29, 0.717) is 21.8 Å². The van der Waals surface area contributed by atoms with Crippen molar-refractivity contribution in [2.45, 2.75) is 44.8 Å². The van der Waals surface area contributed by atoms with E-state index in [4.69, 9.17) is 11.6 Å². The molecule has 1 amide bonds. The molecule has 1 aromatic carbocycles. The molecule has 2 heterocycles. The van der Waals surface area contributed by atoms with Gasteiger partial charge in [-0.05, 0) is 37.8 Å². The Balaban J connectivity index is 1.83. The fourth-order valence-corrected chi connectivity index (χ4v) is 3.89. The first-order chi connectivity index (χ1) is 13.0. The lowest BCUT2D eigenvalue weighted by molar-refractivity contribution is -0.119. The highest BCUT2D eigenvalue weighted by molar-refractivity contribution is 7.99. The van der Waals surface area contributed by atoms with Gasteiger partial charge >= 0.3 is 0 Å². The first kappa shape index (κ1) is 20.0. The zero-order valence-electron chi connectivity index (χ0n) is 16.0. The third kappa shape index (κ3) is 4.76. The van der Waals surface area contributed by atoms with Crippen LogP contribution >= 0.6 is 23.4 Å². The van der Waals surface area contributed by atoms with Crippen molar-refractivity contribution >= 4 is 35.2 Å². The number of nitrogens with one attached hydrogen (secondary N) is 1. The Morgan fingerprint density at radius 2 is 1.93 bits per heavy atom. The lowest BCUT2D eigenvalue weighted by Gasteiger charge is -2.19. The highest BCUT2D eigenvalue weighted by atomic mass is 35.5. The molecule has 2 aromatic rings. The quantitative estimate of drug-likeness (QED) is 0.708. The Bertz CT molecular complexity index is 788. The lowest BCUT2D eigenvalue weighted by atomic mass is 10.1. The molecule has 0 saturated carbocycles. The van der Waals surface area contributed by atoms with E-state index in [-0.39, 0.29) is 11.9 Å². The Hall–Kier alpha value is -1.73. The van der Waals surface area contributed by atoms with Crippen LogP contribution < -0.4 is 10.2 Å². The Morgan fingerprint density at radius 1 is 1.22 bits per heavy atom. The average molecular weight is 408 g/mol. The largest absolute Gasteiger partial charge is 0.353 e. The van der Waals surface area contributed by atoms with Crippen LogP contribution in [0, 0.1) is 5.92 Å². The molecule has 1 aliphatic heterocycles. The zero-order valence-corrected chi connectivity index (χ0v) is 17.6. The Kier molecular flexibility index (Phi) is 6.65. The van der Waals surface area contributed by atoms with Crippen LogP contribution in [0.1, 0.15) is 33.6 Å². The van der Waals surface area contributed by atoms with Crippen molar-refractivity contribution in [3.05, 3.63) is 29.3 Å². The van der Waals surface area contributed by atoms with Gasteiger partial charge in [-0.2, -0.15) is 0 Å². The number of carbonyl (C=O) groups is 1. The monoisotopic (exact) mass is 407 g/mol. The Morgan fingerprint density at radius 3 is 2.59 bits per heavy atom. The van der Waals surface area contributed by atoms with Crippen LogP contribution in [0.15, 0.2) is 29.4 Å². The third-order valence-electron chi connectivity index (χ3n) is 4.82. The van der Waals surface area contributed by atoms with E-state index in [1.165, 1.54) is 11.8 Å². The van der Waals surface area contributed by atoms with Gasteiger partial charge in [-0.25, -0.2) is 0 Å². The molecule has 6 nitrogen and oxygen atoms in total. The summed E-state index contributed by atoms with van der Waals surface area (Å²) in [6, 6.07) is 7.80. The molecule has 0 bridgehead atoms. The van der Waals surface area contributed by atoms with Crippen molar-refractivity contribution in [3.8, 4) is 5.69 Å². The van der Waals surface area contributed by atoms with Gasteiger partial charge in [0.1, 0.15) is 0 Å². The van der Waals surface area contributed by atoms with Crippen molar-refractivity contribution in [2.75, 3.05) is 23.7 Å². The zero-order chi connectivity index (χ0) is 19.4. The second-order valence-corrected chi connectivity index (χ2v) is 8.50. The minimum atomic E-state index is -0.00219. The number of thioether (sulfide) groups is 1. The first-order valence-electron chi connectivity index (χ1n) is 9.34. The number of hydrogen-bond donors (Lipinski definition) is 1. The van der Waals surface area contributed by atoms with Crippen molar-refractivity contribution in [1.29, 1.82) is 0 Å². The van der Waals surface area contributed by atoms with Gasteiger partial charge in [0.25, 0.3) is 0 Å². The number of nitrogens with zero attached hydrogens (tertiary/aromatic N) is 4. The summed E-state index contributed by atoms with van der Waals surface area (Å²) in [6.07, 6.45) is 2.29. The summed E-state index contributed by atoms with van der Waals surface area (Å²) in [6.45, 7) is 8.12. The van der Waals surface area contributed by atoms with Crippen LogP contribution in [-0.4, -0.2) is 45.6 Å². The molecular weight excluding hydrogens is 382 g/mol. The molecular formula is C19H26ClN5OS. The number of benzene rings is 1. The highest BCUT2D eigenvalue weighted by Crippen LogP contribution is 2.31. The van der Waals surface area contributed by atoms with Crippen LogP contribution in [-0.2, 0) is 4.79 Å². The topological polar surface area (TPSA) is 63.1 Å². The summed E-state index contributed by atoms with van der Waals surface area (Å²) in [5, 5.41) is 13.1. The number of hydrogen-bond acceptors (Lipinski definition) is 5. The molecule has 146 valence electrons. The van der Waals surface area contributed by atoms with Gasteiger partial charge < -0.3 is 10.2 Å². The second-order valence-electron chi connectivity index (χ2n) is 7.15. The first-order valence-corrected chi connectivity index (χ1v) is 10.7. The van der Waals surface area contributed by atoms with E-state index in [0.717, 1.165) is 37.6 Å². The predicted molar refractivity (Wildman–Crippen MR) is 111 cm³/mol. The second kappa shape index (κ2) is 8.97. The number of anilines is 1. The maximum Gasteiger partial charge on any atom is 0.232 e. The van der Waals surface area contributed by atoms with Crippen LogP contribution in [0.25, 0.3) is 5.69 Å². The van der Waals surface area contributed by atoms with Gasteiger partial charge in [-0.1, -0.05) is 49.3 Å². The van der Waals surface area contributed by atoms with Gasteiger partial charge in [-0.3, -0.25) is 9.36 Å². The summed E-state index contributed by atoms with van der Waals surface area (Å²) in [4.78, 5) is 14.5. The van der Waals surface area contributed by atoms with Crippen molar-refractivity contribution in [3.63, 3.8) is 0 Å². The fraction of sp³-hybridized carbons (Fsp3) is 0.526. The molecule has 0 spiro atoms. The molecule has 0 aliphatic carbocycles. The number of amides is 1. The highest BCUT2D eigenvalue weighted by Gasteiger charge is 2.24. The maximum absolute atomic E-state index is 12.3. The normalized spacial score (nSPS) is 15.4. The number of aromatic nitrogens is 3. The number of carbonyl (C=O) groups excluding carboxylic acids is 1. The SMILES string of the molecule is CC(C)C(C)NC(=O)CSc1nnc(N2CCCC2)n1-c1ccccc1Cl. The van der Waals surface area contributed by atoms with Gasteiger partial charge in [0.2, 0.25) is 11.9 Å². The summed E-state index contributed by atoms with van der Waals surface area (Å²) in [5.74, 6) is 1.48. The summed E-state index contributed by atoms with van der Waals surface area (Å²) in [7, 11) is 0. The molecule has 0 radical (unpaired) electrons. The van der Waals surface area contributed by atoms with Crippen molar-refractivity contribution in [1.82, 2.24) is 20.1 Å². The molecule has 27 heavy (non-hydrogen) atoms. The predicted octanol–water partition coefficient (Wildman–Crippen LogP) is 3.77. The average Bonchev–Trinajstić information content (AvgIpc) is 3.29. The lowest BCUT2D eigenvalue weighted by Crippen LogP contribution is -2.37. The molecule has 1 aromatic heterocycles. The summed E-state index contributed by atoms with van der Waals surface area (Å²) < 4.78 is 1.97. The number of rotatable bonds is 7. The van der Waals surface area contributed by atoms with Crippen LogP contribution in [0.3, 0.4) is 0 Å². The standard InChI is InChI=1S/C19H26ClN5OS/c1-13(2)14(3)21-17(26)12-27-19-23-22-18(24-10-6-7-11-24)25(19)16-9-5-4-8-15(16)20/h4-5,8-9,13-14H,6-7,10-12H2,1-3H3,(H,21,26). The van der Waals surface area contributed by atoms with Crippen LogP contribution in [0.4, 0.5) is 5.95 Å². The summed E-state index contributed by atoms with van der Waals surface area (Å²) in [5.41, 5.74) is 0.838. The molecule has 1 unspecified atom stereocenters. The maximum atomic E-state index is 12.3. The van der Waals surface area contributed by atoms with E-state index in [1.807, 2.05) is 35.8 Å². The van der Waals surface area contributed by atoms with E-state index in [2.05, 4.69) is 34.3 Å². The van der Waals surface area contributed by atoms with Crippen LogP contribution in [0.5, 0.6) is 0 Å². The van der Waals surface area contributed by atoms with Gasteiger partial charge in [-0.15, -0.1) is 10.2 Å². The Labute approximate surface area is 169 Å². The van der Waals surface area contributed by atoms with E-state index < -0.39 is 0 Å². The minimum Gasteiger partial charge on any atom is -0.353 e. The summed E-state index contributed by atoms with van der Waals surface area (Å²) >= 11 is 7.83. The molecule has 8 heteroatoms. The molecule has 1 saturated heterocycles. The van der Waals surface area contributed by atoms with E-state index >= 15 is 0 Å². The molecule has 1 fully saturated rings. The third-order valence-corrected chi connectivity index (χ3v) is 6.07. The fourth-order valence-electron chi connectivity index (χ4n) is 2.91.